The van der Waals surface area contributed by atoms with Gasteiger partial charge in [-0.15, -0.1) is 0 Å². The molecule has 0 bridgehead atoms. The molecule has 1 aliphatic heterocycles. The Balaban J connectivity index is 2.47. The Morgan fingerprint density at radius 1 is 1.67 bits per heavy atom. The molecule has 118 valence electrons. The number of rotatable bonds is 3. The van der Waals surface area contributed by atoms with Gasteiger partial charge in [0.15, 0.2) is 29.6 Å². The van der Waals surface area contributed by atoms with Crippen molar-refractivity contribution >= 4 is 5.82 Å². The summed E-state index contributed by atoms with van der Waals surface area (Å²) in [5, 5.41) is 19.0. The molecule has 0 amide bonds. The standard InChI is InChI=1S/C11H14F3N3O4/c1-4(12)11(3-18)7(19)6(14)9(21-11)17-2-5(13)8(15)16-10(17)20/h2,4,6-7,9,18-19H,3H2,1H3,(H2,15,16,20)/t4-,6+,7+,9-,11+/m1/s1. The van der Waals surface area contributed by atoms with Crippen LogP contribution < -0.4 is 11.4 Å². The van der Waals surface area contributed by atoms with Crippen molar-refractivity contribution in [1.29, 1.82) is 0 Å². The highest BCUT2D eigenvalue weighted by molar-refractivity contribution is 5.26. The number of aromatic nitrogens is 2. The summed E-state index contributed by atoms with van der Waals surface area (Å²) < 4.78 is 46.5. The minimum Gasteiger partial charge on any atom is -0.393 e. The summed E-state index contributed by atoms with van der Waals surface area (Å²) in [6.07, 6.45) is -7.54. The van der Waals surface area contributed by atoms with E-state index in [2.05, 4.69) is 4.98 Å². The minimum atomic E-state index is -2.27. The molecule has 5 atom stereocenters. The zero-order valence-corrected chi connectivity index (χ0v) is 10.9. The Morgan fingerprint density at radius 2 is 2.29 bits per heavy atom. The molecule has 1 saturated heterocycles. The first-order valence-electron chi connectivity index (χ1n) is 6.03. The van der Waals surface area contributed by atoms with Gasteiger partial charge in [0.1, 0.15) is 12.3 Å². The fourth-order valence-corrected chi connectivity index (χ4v) is 2.22. The van der Waals surface area contributed by atoms with Crippen molar-refractivity contribution in [3.05, 3.63) is 22.5 Å². The van der Waals surface area contributed by atoms with Gasteiger partial charge in [-0.3, -0.25) is 4.57 Å². The molecule has 0 unspecified atom stereocenters. The van der Waals surface area contributed by atoms with Crippen LogP contribution in [0.4, 0.5) is 19.0 Å². The van der Waals surface area contributed by atoms with Crippen molar-refractivity contribution in [2.75, 3.05) is 12.3 Å². The van der Waals surface area contributed by atoms with E-state index in [-0.39, 0.29) is 0 Å². The molecule has 2 heterocycles. The summed E-state index contributed by atoms with van der Waals surface area (Å²) in [4.78, 5) is 14.7. The summed E-state index contributed by atoms with van der Waals surface area (Å²) in [5.41, 5.74) is 1.72. The van der Waals surface area contributed by atoms with Gasteiger partial charge in [0.25, 0.3) is 0 Å². The Kier molecular flexibility index (Phi) is 3.95. The molecular formula is C11H14F3N3O4. The summed E-state index contributed by atoms with van der Waals surface area (Å²) in [6, 6.07) is 0. The van der Waals surface area contributed by atoms with Crippen LogP contribution in [-0.4, -0.2) is 50.4 Å². The minimum absolute atomic E-state index is 0.416. The Bertz CT molecular complexity index is 597. The first kappa shape index (κ1) is 15.7. The summed E-state index contributed by atoms with van der Waals surface area (Å²) in [5.74, 6) is -1.79. The predicted octanol–water partition coefficient (Wildman–Crippen LogP) is -0.719. The molecule has 4 N–H and O–H groups in total. The zero-order chi connectivity index (χ0) is 15.9. The van der Waals surface area contributed by atoms with Crippen molar-refractivity contribution in [2.45, 2.75) is 37.2 Å². The van der Waals surface area contributed by atoms with Gasteiger partial charge in [0.2, 0.25) is 0 Å². The first-order chi connectivity index (χ1) is 9.74. The Hall–Kier alpha value is -1.65. The van der Waals surface area contributed by atoms with Crippen LogP contribution in [0.25, 0.3) is 0 Å². The molecule has 1 aliphatic rings. The average Bonchev–Trinajstić information content (AvgIpc) is 2.68. The molecule has 0 aliphatic carbocycles. The van der Waals surface area contributed by atoms with E-state index in [4.69, 9.17) is 10.5 Å². The normalized spacial score (nSPS) is 34.1. The third-order valence-corrected chi connectivity index (χ3v) is 3.54. The number of alkyl halides is 2. The fraction of sp³-hybridized carbons (Fsp3) is 0.636. The average molecular weight is 309 g/mol. The lowest BCUT2D eigenvalue weighted by atomic mass is 9.92. The smallest absolute Gasteiger partial charge is 0.351 e. The zero-order valence-electron chi connectivity index (χ0n) is 10.9. The van der Waals surface area contributed by atoms with Crippen molar-refractivity contribution in [1.82, 2.24) is 9.55 Å². The highest BCUT2D eigenvalue weighted by Crippen LogP contribution is 2.41. The second-order valence-corrected chi connectivity index (χ2v) is 4.79. The third-order valence-electron chi connectivity index (χ3n) is 3.54. The monoisotopic (exact) mass is 309 g/mol. The number of aliphatic hydroxyl groups is 2. The van der Waals surface area contributed by atoms with Gasteiger partial charge in [-0.1, -0.05) is 0 Å². The molecule has 0 radical (unpaired) electrons. The summed E-state index contributed by atoms with van der Waals surface area (Å²) in [7, 11) is 0. The molecule has 2 rings (SSSR count). The van der Waals surface area contributed by atoms with Gasteiger partial charge in [-0.2, -0.15) is 4.98 Å². The van der Waals surface area contributed by atoms with Crippen LogP contribution in [0.15, 0.2) is 11.0 Å². The van der Waals surface area contributed by atoms with Crippen LogP contribution in [0.2, 0.25) is 0 Å². The lowest BCUT2D eigenvalue weighted by Gasteiger charge is -2.30. The van der Waals surface area contributed by atoms with Crippen LogP contribution in [0.5, 0.6) is 0 Å². The van der Waals surface area contributed by atoms with E-state index >= 15 is 0 Å². The van der Waals surface area contributed by atoms with Crippen LogP contribution in [0.1, 0.15) is 13.2 Å². The number of ether oxygens (including phenoxy) is 1. The number of nitrogens with two attached hydrogens (primary N) is 1. The maximum absolute atomic E-state index is 14.1. The number of hydrogen-bond donors (Lipinski definition) is 3. The maximum Gasteiger partial charge on any atom is 0.351 e. The predicted molar refractivity (Wildman–Crippen MR) is 64.3 cm³/mol. The molecule has 21 heavy (non-hydrogen) atoms. The van der Waals surface area contributed by atoms with E-state index in [1.807, 2.05) is 0 Å². The summed E-state index contributed by atoms with van der Waals surface area (Å²) in [6.45, 7) is -0.0679. The van der Waals surface area contributed by atoms with Gasteiger partial charge in [-0.05, 0) is 6.92 Å². The molecule has 0 saturated carbocycles. The number of anilines is 1. The number of hydrogen-bond acceptors (Lipinski definition) is 6. The van der Waals surface area contributed by atoms with E-state index in [1.165, 1.54) is 0 Å². The van der Waals surface area contributed by atoms with Crippen LogP contribution in [0.3, 0.4) is 0 Å². The van der Waals surface area contributed by atoms with Gasteiger partial charge >= 0.3 is 5.69 Å². The number of nitrogen functional groups attached to an aromatic ring is 1. The van der Waals surface area contributed by atoms with Crippen molar-refractivity contribution in [2.24, 2.45) is 0 Å². The second-order valence-electron chi connectivity index (χ2n) is 4.79. The molecule has 1 aromatic rings. The topological polar surface area (TPSA) is 111 Å². The van der Waals surface area contributed by atoms with E-state index in [0.29, 0.717) is 10.8 Å². The van der Waals surface area contributed by atoms with Crippen molar-refractivity contribution < 1.29 is 28.1 Å². The molecule has 0 aromatic carbocycles. The molecule has 1 aromatic heterocycles. The molecular weight excluding hydrogens is 295 g/mol. The van der Waals surface area contributed by atoms with Gasteiger partial charge in [-0.25, -0.2) is 18.0 Å². The number of aliphatic hydroxyl groups excluding tert-OH is 2. The van der Waals surface area contributed by atoms with Crippen LogP contribution in [0, 0.1) is 5.82 Å². The number of halogens is 3. The van der Waals surface area contributed by atoms with Gasteiger partial charge < -0.3 is 20.7 Å². The van der Waals surface area contributed by atoms with Crippen LogP contribution >= 0.6 is 0 Å². The highest BCUT2D eigenvalue weighted by Gasteiger charge is 2.59. The maximum atomic E-state index is 14.1. The quantitative estimate of drug-likeness (QED) is 0.680. The van der Waals surface area contributed by atoms with E-state index in [1.54, 1.807) is 0 Å². The number of nitrogens with zero attached hydrogens (tertiary/aromatic N) is 2. The molecule has 1 fully saturated rings. The lowest BCUT2D eigenvalue weighted by Crippen LogP contribution is -2.52. The molecule has 10 heteroatoms. The fourth-order valence-electron chi connectivity index (χ4n) is 2.22. The van der Waals surface area contributed by atoms with Crippen molar-refractivity contribution in [3.8, 4) is 0 Å². The van der Waals surface area contributed by atoms with Gasteiger partial charge in [0.05, 0.1) is 12.8 Å². The highest BCUT2D eigenvalue weighted by atomic mass is 19.1. The lowest BCUT2D eigenvalue weighted by molar-refractivity contribution is -0.161. The van der Waals surface area contributed by atoms with E-state index < -0.39 is 54.2 Å². The molecule has 7 nitrogen and oxygen atoms in total. The molecule has 0 spiro atoms. The van der Waals surface area contributed by atoms with Gasteiger partial charge in [0, 0.05) is 0 Å². The van der Waals surface area contributed by atoms with Crippen molar-refractivity contribution in [3.63, 3.8) is 0 Å². The first-order valence-corrected chi connectivity index (χ1v) is 6.03. The van der Waals surface area contributed by atoms with E-state index in [9.17, 15) is 28.2 Å². The largest absolute Gasteiger partial charge is 0.393 e. The Labute approximate surface area is 116 Å². The SMILES string of the molecule is C[C@@H](F)[C@]1(CO)O[C@@H](n2cc(F)c(N)nc2=O)[C@@H](F)[C@@H]1O. The Morgan fingerprint density at radius 3 is 2.76 bits per heavy atom. The van der Waals surface area contributed by atoms with E-state index in [0.717, 1.165) is 6.92 Å². The summed E-state index contributed by atoms with van der Waals surface area (Å²) >= 11 is 0. The van der Waals surface area contributed by atoms with Crippen LogP contribution in [-0.2, 0) is 4.74 Å². The second kappa shape index (κ2) is 5.28. The third kappa shape index (κ3) is 2.28.